The number of carbonyl (C=O) groups is 1. The molecule has 2 fully saturated rings. The fraction of sp³-hybridized carbons (Fsp3) is 0.688. The number of nitrogens with zero attached hydrogens (tertiary/aromatic N) is 3. The number of amides is 1. The molecule has 0 aliphatic carbocycles. The third kappa shape index (κ3) is 3.31. The minimum atomic E-state index is -0.284. The number of anilines is 2. The van der Waals surface area contributed by atoms with Gasteiger partial charge in [-0.05, 0) is 25.2 Å². The number of nitrogens with one attached hydrogen (secondary N) is 2. The highest BCUT2D eigenvalue weighted by atomic mass is 16.2. The van der Waals surface area contributed by atoms with Crippen molar-refractivity contribution < 1.29 is 4.79 Å². The first-order valence-corrected chi connectivity index (χ1v) is 8.14. The van der Waals surface area contributed by atoms with Crippen molar-refractivity contribution in [2.75, 3.05) is 36.4 Å². The fourth-order valence-corrected chi connectivity index (χ4v) is 3.35. The Bertz CT molecular complexity index is 539. The molecule has 6 heteroatoms. The zero-order valence-corrected chi connectivity index (χ0v) is 13.4. The van der Waals surface area contributed by atoms with Crippen molar-refractivity contribution in [3.05, 3.63) is 12.3 Å². The number of rotatable bonds is 4. The Hall–Kier alpha value is -1.85. The van der Waals surface area contributed by atoms with Crippen LogP contribution in [0.5, 0.6) is 0 Å². The topological polar surface area (TPSA) is 70.2 Å². The first kappa shape index (κ1) is 15.1. The van der Waals surface area contributed by atoms with Gasteiger partial charge in [0.1, 0.15) is 0 Å². The molecule has 2 aliphatic heterocycles. The molecule has 1 unspecified atom stereocenters. The van der Waals surface area contributed by atoms with Crippen molar-refractivity contribution in [1.29, 1.82) is 0 Å². The first-order chi connectivity index (χ1) is 10.5. The Morgan fingerprint density at radius 3 is 2.91 bits per heavy atom. The molecule has 2 saturated heterocycles. The largest absolute Gasteiger partial charge is 0.370 e. The maximum absolute atomic E-state index is 11.8. The number of piperidine rings is 1. The van der Waals surface area contributed by atoms with Crippen LogP contribution >= 0.6 is 0 Å². The molecule has 1 aromatic rings. The predicted molar refractivity (Wildman–Crippen MR) is 86.9 cm³/mol. The Morgan fingerprint density at radius 1 is 1.41 bits per heavy atom. The summed E-state index contributed by atoms with van der Waals surface area (Å²) >= 11 is 0. The molecule has 0 saturated carbocycles. The van der Waals surface area contributed by atoms with Gasteiger partial charge in [-0.1, -0.05) is 13.8 Å². The van der Waals surface area contributed by atoms with Gasteiger partial charge in [0.15, 0.2) is 5.82 Å². The van der Waals surface area contributed by atoms with E-state index in [0.717, 1.165) is 44.1 Å². The quantitative estimate of drug-likeness (QED) is 0.885. The van der Waals surface area contributed by atoms with E-state index in [4.69, 9.17) is 0 Å². The zero-order chi connectivity index (χ0) is 15.6. The average Bonchev–Trinajstić information content (AvgIpc) is 3.03. The van der Waals surface area contributed by atoms with Crippen LogP contribution in [0, 0.1) is 11.3 Å². The molecule has 1 atom stereocenters. The summed E-state index contributed by atoms with van der Waals surface area (Å²) in [5.74, 6) is 1.39. The number of hydrogen-bond acceptors (Lipinski definition) is 5. The van der Waals surface area contributed by atoms with Crippen LogP contribution in [0.2, 0.25) is 0 Å². The summed E-state index contributed by atoms with van der Waals surface area (Å²) in [7, 11) is 0. The first-order valence-electron chi connectivity index (χ1n) is 8.14. The van der Waals surface area contributed by atoms with Crippen LogP contribution in [0.15, 0.2) is 12.3 Å². The van der Waals surface area contributed by atoms with Gasteiger partial charge >= 0.3 is 0 Å². The second-order valence-electron chi connectivity index (χ2n) is 7.04. The van der Waals surface area contributed by atoms with E-state index in [1.807, 2.05) is 20.0 Å². The van der Waals surface area contributed by atoms with Gasteiger partial charge in [0.2, 0.25) is 5.91 Å². The number of aromatic nitrogens is 2. The van der Waals surface area contributed by atoms with E-state index >= 15 is 0 Å². The minimum absolute atomic E-state index is 0.152. The van der Waals surface area contributed by atoms with Crippen molar-refractivity contribution in [2.45, 2.75) is 33.1 Å². The lowest BCUT2D eigenvalue weighted by Crippen LogP contribution is -2.48. The summed E-state index contributed by atoms with van der Waals surface area (Å²) < 4.78 is 0. The molecule has 1 amide bonds. The van der Waals surface area contributed by atoms with Crippen LogP contribution < -0.4 is 15.5 Å². The maximum atomic E-state index is 11.8. The molecule has 0 radical (unpaired) electrons. The van der Waals surface area contributed by atoms with Crippen LogP contribution in [-0.2, 0) is 4.79 Å². The second-order valence-corrected chi connectivity index (χ2v) is 7.04. The molecule has 0 spiro atoms. The Balaban J connectivity index is 1.57. The van der Waals surface area contributed by atoms with Crippen LogP contribution in [0.1, 0.15) is 33.1 Å². The molecule has 3 heterocycles. The zero-order valence-electron chi connectivity index (χ0n) is 13.4. The summed E-state index contributed by atoms with van der Waals surface area (Å²) in [6.07, 6.45) is 5.23. The van der Waals surface area contributed by atoms with Gasteiger partial charge in [-0.3, -0.25) is 4.79 Å². The van der Waals surface area contributed by atoms with E-state index in [0.29, 0.717) is 5.92 Å². The molecule has 0 aromatic carbocycles. The van der Waals surface area contributed by atoms with E-state index in [1.54, 1.807) is 0 Å². The Labute approximate surface area is 131 Å². The molecule has 2 aliphatic rings. The summed E-state index contributed by atoms with van der Waals surface area (Å²) in [6.45, 7) is 7.75. The lowest BCUT2D eigenvalue weighted by Gasteiger charge is -2.34. The smallest absolute Gasteiger partial charge is 0.225 e. The average molecular weight is 303 g/mol. The highest BCUT2D eigenvalue weighted by Crippen LogP contribution is 2.29. The van der Waals surface area contributed by atoms with Gasteiger partial charge in [-0.2, -0.15) is 5.10 Å². The van der Waals surface area contributed by atoms with E-state index < -0.39 is 0 Å². The van der Waals surface area contributed by atoms with Crippen molar-refractivity contribution in [1.82, 2.24) is 15.5 Å². The van der Waals surface area contributed by atoms with Gasteiger partial charge < -0.3 is 15.5 Å². The monoisotopic (exact) mass is 303 g/mol. The summed E-state index contributed by atoms with van der Waals surface area (Å²) in [5.41, 5.74) is 0.862. The molecule has 3 rings (SSSR count). The molecule has 120 valence electrons. The maximum Gasteiger partial charge on any atom is 0.225 e. The Morgan fingerprint density at radius 2 is 2.18 bits per heavy atom. The summed E-state index contributed by atoms with van der Waals surface area (Å²) in [5, 5.41) is 14.7. The van der Waals surface area contributed by atoms with Gasteiger partial charge in [0.25, 0.3) is 0 Å². The lowest BCUT2D eigenvalue weighted by molar-refractivity contribution is -0.132. The third-order valence-corrected chi connectivity index (χ3v) is 4.65. The van der Waals surface area contributed by atoms with Gasteiger partial charge in [0.05, 0.1) is 11.9 Å². The molecular formula is C16H25N5O. The molecule has 22 heavy (non-hydrogen) atoms. The van der Waals surface area contributed by atoms with Crippen LogP contribution in [0.3, 0.4) is 0 Å². The van der Waals surface area contributed by atoms with Crippen LogP contribution in [0.25, 0.3) is 0 Å². The van der Waals surface area contributed by atoms with Gasteiger partial charge in [-0.15, -0.1) is 5.10 Å². The van der Waals surface area contributed by atoms with Gasteiger partial charge in [-0.25, -0.2) is 0 Å². The van der Waals surface area contributed by atoms with Crippen molar-refractivity contribution in [3.8, 4) is 0 Å². The third-order valence-electron chi connectivity index (χ3n) is 4.65. The highest BCUT2D eigenvalue weighted by Gasteiger charge is 2.35. The minimum Gasteiger partial charge on any atom is -0.370 e. The molecule has 1 aromatic heterocycles. The van der Waals surface area contributed by atoms with Crippen molar-refractivity contribution in [2.24, 2.45) is 11.3 Å². The normalized spacial score (nSPS) is 24.2. The molecular weight excluding hydrogens is 278 g/mol. The predicted octanol–water partition coefficient (Wildman–Crippen LogP) is 1.65. The SMILES string of the molecule is CC1(C)CC(CNc2cc(N3CCCC3)cnn2)CNC1=O. The van der Waals surface area contributed by atoms with E-state index in [2.05, 4.69) is 31.8 Å². The van der Waals surface area contributed by atoms with Crippen LogP contribution in [-0.4, -0.2) is 42.3 Å². The highest BCUT2D eigenvalue weighted by molar-refractivity contribution is 5.82. The summed E-state index contributed by atoms with van der Waals surface area (Å²) in [4.78, 5) is 14.1. The molecule has 0 bridgehead atoms. The van der Waals surface area contributed by atoms with Crippen molar-refractivity contribution >= 4 is 17.4 Å². The standard InChI is InChI=1S/C16H25N5O/c1-16(2)8-12(10-18-15(16)22)9-17-14-7-13(11-19-20-14)21-5-3-4-6-21/h7,11-12H,3-6,8-10H2,1-2H3,(H,17,20)(H,18,22). The summed E-state index contributed by atoms with van der Waals surface area (Å²) in [6, 6.07) is 2.07. The van der Waals surface area contributed by atoms with Gasteiger partial charge in [0, 0.05) is 37.7 Å². The fourth-order valence-electron chi connectivity index (χ4n) is 3.35. The number of hydrogen-bond donors (Lipinski definition) is 2. The van der Waals surface area contributed by atoms with Crippen molar-refractivity contribution in [3.63, 3.8) is 0 Å². The lowest BCUT2D eigenvalue weighted by atomic mass is 9.79. The molecule has 6 nitrogen and oxygen atoms in total. The van der Waals surface area contributed by atoms with E-state index in [1.165, 1.54) is 12.8 Å². The van der Waals surface area contributed by atoms with E-state index in [-0.39, 0.29) is 11.3 Å². The van der Waals surface area contributed by atoms with Crippen LogP contribution in [0.4, 0.5) is 11.5 Å². The Kier molecular flexibility index (Phi) is 4.18. The van der Waals surface area contributed by atoms with E-state index in [9.17, 15) is 4.79 Å². The molecule has 2 N–H and O–H groups in total. The number of carbonyl (C=O) groups excluding carboxylic acids is 1. The second kappa shape index (κ2) is 6.10.